The van der Waals surface area contributed by atoms with Crippen LogP contribution in [0.15, 0.2) is 24.3 Å². The van der Waals surface area contributed by atoms with E-state index in [1.165, 1.54) is 0 Å². The maximum absolute atomic E-state index is 12.0. The van der Waals surface area contributed by atoms with E-state index >= 15 is 0 Å². The molecule has 3 heteroatoms. The lowest BCUT2D eigenvalue weighted by Crippen LogP contribution is -2.35. The number of allylic oxidation sites excluding steroid dienone is 4. The molecule has 140 valence electrons. The van der Waals surface area contributed by atoms with Gasteiger partial charge in [0.2, 0.25) is 0 Å². The van der Waals surface area contributed by atoms with Crippen molar-refractivity contribution in [3.8, 4) is 0 Å². The van der Waals surface area contributed by atoms with E-state index in [-0.39, 0.29) is 11.5 Å². The fourth-order valence-corrected chi connectivity index (χ4v) is 2.77. The van der Waals surface area contributed by atoms with Crippen molar-refractivity contribution in [3.05, 3.63) is 24.3 Å². The van der Waals surface area contributed by atoms with Crippen LogP contribution in [0.4, 0.5) is 4.79 Å². The van der Waals surface area contributed by atoms with Gasteiger partial charge in [0.25, 0.3) is 0 Å². The third-order valence-corrected chi connectivity index (χ3v) is 4.21. The zero-order chi connectivity index (χ0) is 18.8. The topological polar surface area (TPSA) is 35.5 Å². The Morgan fingerprint density at radius 2 is 1.67 bits per heavy atom. The number of hydrogen-bond acceptors (Lipinski definition) is 3. The van der Waals surface area contributed by atoms with Gasteiger partial charge in [-0.05, 0) is 51.4 Å². The molecule has 2 unspecified atom stereocenters. The predicted octanol–water partition coefficient (Wildman–Crippen LogP) is 6.68. The Morgan fingerprint density at radius 3 is 2.21 bits per heavy atom. The van der Waals surface area contributed by atoms with Crippen molar-refractivity contribution in [1.82, 2.24) is 0 Å². The Kier molecular flexibility index (Phi) is 10.0. The first-order valence-electron chi connectivity index (χ1n) is 9.25. The van der Waals surface area contributed by atoms with E-state index in [1.807, 2.05) is 20.8 Å². The molecule has 0 fully saturated rings. The molecule has 0 N–H and O–H groups in total. The molecule has 0 bridgehead atoms. The molecule has 24 heavy (non-hydrogen) atoms. The highest BCUT2D eigenvalue weighted by Gasteiger charge is 2.31. The van der Waals surface area contributed by atoms with Gasteiger partial charge in [-0.3, -0.25) is 0 Å². The minimum Gasteiger partial charge on any atom is -0.431 e. The van der Waals surface area contributed by atoms with Gasteiger partial charge in [0.1, 0.15) is 11.7 Å². The number of hydrogen-bond donors (Lipinski definition) is 0. The average Bonchev–Trinajstić information content (AvgIpc) is 2.43. The molecule has 0 amide bonds. The Balaban J connectivity index is 4.54. The summed E-state index contributed by atoms with van der Waals surface area (Å²) in [6.45, 7) is 16.4. The van der Waals surface area contributed by atoms with Crippen LogP contribution in [0.3, 0.4) is 0 Å². The molecule has 0 radical (unpaired) electrons. The van der Waals surface area contributed by atoms with Gasteiger partial charge < -0.3 is 9.47 Å². The molecule has 0 saturated carbocycles. The van der Waals surface area contributed by atoms with Gasteiger partial charge in [0.15, 0.2) is 0 Å². The lowest BCUT2D eigenvalue weighted by molar-refractivity contribution is -0.0517. The molecule has 2 atom stereocenters. The Bertz CT molecular complexity index is 419. The van der Waals surface area contributed by atoms with Gasteiger partial charge in [0.05, 0.1) is 0 Å². The summed E-state index contributed by atoms with van der Waals surface area (Å²) in [5, 5.41) is 0. The molecule has 0 heterocycles. The Morgan fingerprint density at radius 1 is 1.04 bits per heavy atom. The van der Waals surface area contributed by atoms with Crippen molar-refractivity contribution < 1.29 is 14.3 Å². The van der Waals surface area contributed by atoms with Gasteiger partial charge >= 0.3 is 6.16 Å². The smallest absolute Gasteiger partial charge is 0.431 e. The van der Waals surface area contributed by atoms with E-state index in [9.17, 15) is 4.79 Å². The highest BCUT2D eigenvalue weighted by atomic mass is 16.7. The molecule has 0 aliphatic carbocycles. The van der Waals surface area contributed by atoms with Crippen LogP contribution in [0.5, 0.6) is 0 Å². The van der Waals surface area contributed by atoms with Crippen LogP contribution in [-0.4, -0.2) is 17.9 Å². The van der Waals surface area contributed by atoms with E-state index in [4.69, 9.17) is 9.47 Å². The molecule has 0 aromatic carbocycles. The molecule has 0 spiro atoms. The predicted molar refractivity (Wildman–Crippen MR) is 102 cm³/mol. The molecule has 0 aliphatic heterocycles. The molecule has 3 nitrogen and oxygen atoms in total. The van der Waals surface area contributed by atoms with Crippen molar-refractivity contribution in [2.24, 2.45) is 11.3 Å². The molecule has 0 rings (SSSR count). The monoisotopic (exact) mass is 338 g/mol. The summed E-state index contributed by atoms with van der Waals surface area (Å²) < 4.78 is 11.0. The fraction of sp³-hybridized carbons (Fsp3) is 0.762. The van der Waals surface area contributed by atoms with E-state index in [1.54, 1.807) is 0 Å². The first-order valence-corrected chi connectivity index (χ1v) is 9.25. The van der Waals surface area contributed by atoms with Crippen LogP contribution in [0.25, 0.3) is 0 Å². The minimum atomic E-state index is -0.571. The van der Waals surface area contributed by atoms with Crippen molar-refractivity contribution in [2.45, 2.75) is 92.8 Å². The summed E-state index contributed by atoms with van der Waals surface area (Å²) >= 11 is 0. The maximum Gasteiger partial charge on any atom is 0.509 e. The van der Waals surface area contributed by atoms with E-state index in [0.29, 0.717) is 5.92 Å². The third kappa shape index (κ3) is 10.5. The second-order valence-corrected chi connectivity index (χ2v) is 8.00. The van der Waals surface area contributed by atoms with Crippen molar-refractivity contribution in [1.29, 1.82) is 0 Å². The molecular weight excluding hydrogens is 300 g/mol. The minimum absolute atomic E-state index is 0.0494. The summed E-state index contributed by atoms with van der Waals surface area (Å²) in [5.74, 6) is 0.330. The SMILES string of the molecule is CC/C=C\C/C=C\C(C)(C)CC(C)(C)OC(=O)OC(C)C(C)CC. The fourth-order valence-electron chi connectivity index (χ4n) is 2.77. The lowest BCUT2D eigenvalue weighted by Gasteiger charge is -2.33. The molecule has 0 aromatic heterocycles. The van der Waals surface area contributed by atoms with Gasteiger partial charge in [-0.25, -0.2) is 4.79 Å². The van der Waals surface area contributed by atoms with Crippen molar-refractivity contribution in [2.75, 3.05) is 0 Å². The largest absolute Gasteiger partial charge is 0.509 e. The first-order chi connectivity index (χ1) is 11.0. The number of carbonyl (C=O) groups is 1. The number of rotatable bonds is 10. The van der Waals surface area contributed by atoms with Crippen molar-refractivity contribution in [3.63, 3.8) is 0 Å². The Hall–Kier alpha value is -1.25. The normalized spacial score (nSPS) is 15.7. The van der Waals surface area contributed by atoms with Crippen LogP contribution < -0.4 is 0 Å². The average molecular weight is 339 g/mol. The van der Waals surface area contributed by atoms with Gasteiger partial charge in [0, 0.05) is 0 Å². The van der Waals surface area contributed by atoms with Crippen LogP contribution in [0.1, 0.15) is 81.1 Å². The van der Waals surface area contributed by atoms with E-state index in [2.05, 4.69) is 58.9 Å². The zero-order valence-electron chi connectivity index (χ0n) is 17.0. The standard InChI is InChI=1S/C21H38O3/c1-9-11-12-13-14-15-20(5,6)16-21(7,8)24-19(22)23-18(4)17(3)10-2/h11-12,14-15,17-18H,9-10,13,16H2,1-8H3/b12-11-,15-14-. The van der Waals surface area contributed by atoms with Crippen LogP contribution >= 0.6 is 0 Å². The summed E-state index contributed by atoms with van der Waals surface area (Å²) in [5.41, 5.74) is -0.620. The quantitative estimate of drug-likeness (QED) is 0.329. The van der Waals surface area contributed by atoms with Gasteiger partial charge in [-0.15, -0.1) is 0 Å². The molecular formula is C21H38O3. The highest BCUT2D eigenvalue weighted by molar-refractivity contribution is 5.60. The summed E-state index contributed by atoms with van der Waals surface area (Å²) in [7, 11) is 0. The molecule has 0 aromatic rings. The van der Waals surface area contributed by atoms with Crippen molar-refractivity contribution >= 4 is 6.16 Å². The molecule has 0 aliphatic rings. The number of carbonyl (C=O) groups excluding carboxylic acids is 1. The summed E-state index contributed by atoms with van der Waals surface area (Å²) in [6.07, 6.45) is 11.7. The van der Waals surface area contributed by atoms with Gasteiger partial charge in [-0.1, -0.05) is 65.3 Å². The van der Waals surface area contributed by atoms with Crippen LogP contribution in [0.2, 0.25) is 0 Å². The zero-order valence-corrected chi connectivity index (χ0v) is 17.0. The van der Waals surface area contributed by atoms with E-state index in [0.717, 1.165) is 25.7 Å². The van der Waals surface area contributed by atoms with Crippen LogP contribution in [-0.2, 0) is 9.47 Å². The lowest BCUT2D eigenvalue weighted by atomic mass is 9.81. The number of ether oxygens (including phenoxy) is 2. The summed E-state index contributed by atoms with van der Waals surface area (Å²) in [6, 6.07) is 0. The van der Waals surface area contributed by atoms with Gasteiger partial charge in [-0.2, -0.15) is 0 Å². The Labute approximate surface area is 149 Å². The third-order valence-electron chi connectivity index (χ3n) is 4.21. The van der Waals surface area contributed by atoms with E-state index < -0.39 is 11.8 Å². The summed E-state index contributed by atoms with van der Waals surface area (Å²) in [4.78, 5) is 12.0. The second kappa shape index (κ2) is 10.6. The first kappa shape index (κ1) is 22.8. The van der Waals surface area contributed by atoms with Crippen LogP contribution in [0, 0.1) is 11.3 Å². The highest BCUT2D eigenvalue weighted by Crippen LogP contribution is 2.32. The second-order valence-electron chi connectivity index (χ2n) is 8.00. The maximum atomic E-state index is 12.0. The molecule has 0 saturated heterocycles.